The first-order chi connectivity index (χ1) is 13.9. The molecule has 154 valence electrons. The molecule has 0 bridgehead atoms. The van der Waals surface area contributed by atoms with Crippen LogP contribution in [0.25, 0.3) is 0 Å². The van der Waals surface area contributed by atoms with Crippen LogP contribution in [-0.4, -0.2) is 18.4 Å². The number of hydrogen-bond acceptors (Lipinski definition) is 2. The van der Waals surface area contributed by atoms with E-state index in [9.17, 15) is 9.59 Å². The molecule has 1 saturated carbocycles. The molecule has 1 aliphatic carbocycles. The van der Waals surface area contributed by atoms with Crippen LogP contribution in [0.4, 0.5) is 5.69 Å². The molecule has 0 aromatic heterocycles. The average Bonchev–Trinajstić information content (AvgIpc) is 3.50. The third-order valence-corrected chi connectivity index (χ3v) is 5.22. The van der Waals surface area contributed by atoms with E-state index >= 15 is 0 Å². The van der Waals surface area contributed by atoms with E-state index in [1.807, 2.05) is 29.2 Å². The van der Waals surface area contributed by atoms with E-state index in [0.29, 0.717) is 31.2 Å². The number of carbonyl (C=O) groups is 2. The van der Waals surface area contributed by atoms with Gasteiger partial charge in [-0.3, -0.25) is 9.59 Å². The van der Waals surface area contributed by atoms with Crippen LogP contribution in [0.2, 0.25) is 0 Å². The average molecular weight is 393 g/mol. The Kier molecular flexibility index (Phi) is 7.08. The van der Waals surface area contributed by atoms with Gasteiger partial charge in [-0.05, 0) is 54.9 Å². The van der Waals surface area contributed by atoms with Crippen LogP contribution in [-0.2, 0) is 22.6 Å². The second kappa shape index (κ2) is 9.73. The molecule has 4 heteroatoms. The summed E-state index contributed by atoms with van der Waals surface area (Å²) in [7, 11) is 0. The van der Waals surface area contributed by atoms with Gasteiger partial charge in [0.15, 0.2) is 0 Å². The molecule has 1 fully saturated rings. The van der Waals surface area contributed by atoms with E-state index in [-0.39, 0.29) is 11.8 Å². The minimum absolute atomic E-state index is 0.0487. The number of nitrogens with zero attached hydrogens (tertiary/aromatic N) is 1. The van der Waals surface area contributed by atoms with Crippen molar-refractivity contribution in [1.82, 2.24) is 5.32 Å². The summed E-state index contributed by atoms with van der Waals surface area (Å²) in [6, 6.07) is 16.1. The standard InChI is InChI=1S/C25H32N2O2/c1-18(2)13-25(29)27(17-21-9-7-19(3)8-10-21)23-6-4-5-22(14-23)15-24(28)26-16-20-11-12-20/h4-10,14,18,20H,11-13,15-17H2,1-3H3,(H,26,28). The molecule has 0 radical (unpaired) electrons. The van der Waals surface area contributed by atoms with Gasteiger partial charge < -0.3 is 10.2 Å². The minimum atomic E-state index is 0.0487. The van der Waals surface area contributed by atoms with Gasteiger partial charge in [-0.1, -0.05) is 55.8 Å². The quantitative estimate of drug-likeness (QED) is 0.676. The Morgan fingerprint density at radius 1 is 1.07 bits per heavy atom. The normalized spacial score (nSPS) is 13.4. The summed E-state index contributed by atoms with van der Waals surface area (Å²) in [5, 5.41) is 3.02. The predicted molar refractivity (Wildman–Crippen MR) is 118 cm³/mol. The molecule has 29 heavy (non-hydrogen) atoms. The lowest BCUT2D eigenvalue weighted by Gasteiger charge is -2.24. The van der Waals surface area contributed by atoms with Crippen molar-refractivity contribution < 1.29 is 9.59 Å². The van der Waals surface area contributed by atoms with E-state index < -0.39 is 0 Å². The van der Waals surface area contributed by atoms with Crippen LogP contribution in [0.3, 0.4) is 0 Å². The first-order valence-electron chi connectivity index (χ1n) is 10.6. The molecule has 0 saturated heterocycles. The van der Waals surface area contributed by atoms with Gasteiger partial charge in [-0.2, -0.15) is 0 Å². The van der Waals surface area contributed by atoms with E-state index in [2.05, 4.69) is 50.4 Å². The molecule has 1 aliphatic rings. The van der Waals surface area contributed by atoms with Crippen molar-refractivity contribution in [2.75, 3.05) is 11.4 Å². The number of aryl methyl sites for hydroxylation is 1. The largest absolute Gasteiger partial charge is 0.356 e. The number of carbonyl (C=O) groups excluding carboxylic acids is 2. The molecule has 1 N–H and O–H groups in total. The Balaban J connectivity index is 1.75. The molecular weight excluding hydrogens is 360 g/mol. The molecule has 0 aliphatic heterocycles. The third kappa shape index (κ3) is 6.74. The molecule has 2 amide bonds. The number of rotatable bonds is 9. The Bertz CT molecular complexity index is 838. The second-order valence-electron chi connectivity index (χ2n) is 8.66. The fraction of sp³-hybridized carbons (Fsp3) is 0.440. The maximum absolute atomic E-state index is 13.0. The fourth-order valence-electron chi connectivity index (χ4n) is 3.32. The van der Waals surface area contributed by atoms with Gasteiger partial charge in [-0.25, -0.2) is 0 Å². The SMILES string of the molecule is Cc1ccc(CN(C(=O)CC(C)C)c2cccc(CC(=O)NCC3CC3)c2)cc1. The number of amides is 2. The van der Waals surface area contributed by atoms with Crippen molar-refractivity contribution >= 4 is 17.5 Å². The predicted octanol–water partition coefficient (Wildman–Crippen LogP) is 4.64. The Morgan fingerprint density at radius 2 is 1.79 bits per heavy atom. The maximum atomic E-state index is 13.0. The highest BCUT2D eigenvalue weighted by atomic mass is 16.2. The van der Waals surface area contributed by atoms with E-state index in [1.165, 1.54) is 18.4 Å². The van der Waals surface area contributed by atoms with Gasteiger partial charge in [0.05, 0.1) is 13.0 Å². The van der Waals surface area contributed by atoms with Gasteiger partial charge in [0.1, 0.15) is 0 Å². The molecule has 0 atom stereocenters. The lowest BCUT2D eigenvalue weighted by molar-refractivity contribution is -0.120. The summed E-state index contributed by atoms with van der Waals surface area (Å²) < 4.78 is 0. The van der Waals surface area contributed by atoms with Crippen molar-refractivity contribution in [3.63, 3.8) is 0 Å². The number of benzene rings is 2. The van der Waals surface area contributed by atoms with Crippen LogP contribution in [0.1, 0.15) is 49.8 Å². The number of hydrogen-bond donors (Lipinski definition) is 1. The van der Waals surface area contributed by atoms with Gasteiger partial charge in [-0.15, -0.1) is 0 Å². The molecule has 2 aromatic rings. The number of anilines is 1. The smallest absolute Gasteiger partial charge is 0.227 e. The zero-order valence-electron chi connectivity index (χ0n) is 17.8. The molecular formula is C25H32N2O2. The molecule has 2 aromatic carbocycles. The van der Waals surface area contributed by atoms with Crippen LogP contribution >= 0.6 is 0 Å². The zero-order valence-corrected chi connectivity index (χ0v) is 17.8. The van der Waals surface area contributed by atoms with Crippen molar-refractivity contribution in [2.24, 2.45) is 11.8 Å². The van der Waals surface area contributed by atoms with Gasteiger partial charge in [0, 0.05) is 18.7 Å². The lowest BCUT2D eigenvalue weighted by atomic mass is 10.1. The monoisotopic (exact) mass is 392 g/mol. The minimum Gasteiger partial charge on any atom is -0.356 e. The van der Waals surface area contributed by atoms with E-state index in [4.69, 9.17) is 0 Å². The van der Waals surface area contributed by atoms with Crippen LogP contribution in [0.15, 0.2) is 48.5 Å². The summed E-state index contributed by atoms with van der Waals surface area (Å²) in [4.78, 5) is 27.1. The Hall–Kier alpha value is -2.62. The topological polar surface area (TPSA) is 49.4 Å². The molecule has 0 unspecified atom stereocenters. The highest BCUT2D eigenvalue weighted by Crippen LogP contribution is 2.27. The zero-order chi connectivity index (χ0) is 20.8. The molecule has 3 rings (SSSR count). The van der Waals surface area contributed by atoms with Crippen LogP contribution in [0.5, 0.6) is 0 Å². The fourth-order valence-corrected chi connectivity index (χ4v) is 3.32. The maximum Gasteiger partial charge on any atom is 0.227 e. The number of nitrogens with one attached hydrogen (secondary N) is 1. The van der Waals surface area contributed by atoms with Crippen molar-refractivity contribution in [2.45, 2.75) is 53.0 Å². The van der Waals surface area contributed by atoms with Crippen molar-refractivity contribution in [3.8, 4) is 0 Å². The molecule has 0 spiro atoms. The van der Waals surface area contributed by atoms with Crippen LogP contribution in [0, 0.1) is 18.8 Å². The summed E-state index contributed by atoms with van der Waals surface area (Å²) in [6.45, 7) is 7.49. The Morgan fingerprint density at radius 3 is 2.45 bits per heavy atom. The first kappa shape index (κ1) is 21.1. The van der Waals surface area contributed by atoms with Crippen molar-refractivity contribution in [3.05, 3.63) is 65.2 Å². The van der Waals surface area contributed by atoms with Crippen molar-refractivity contribution in [1.29, 1.82) is 0 Å². The molecule has 4 nitrogen and oxygen atoms in total. The Labute approximate surface area is 174 Å². The summed E-state index contributed by atoms with van der Waals surface area (Å²) in [5.74, 6) is 1.12. The highest BCUT2D eigenvalue weighted by molar-refractivity contribution is 5.93. The lowest BCUT2D eigenvalue weighted by Crippen LogP contribution is -2.31. The van der Waals surface area contributed by atoms with Gasteiger partial charge in [0.25, 0.3) is 0 Å². The van der Waals surface area contributed by atoms with Crippen LogP contribution < -0.4 is 10.2 Å². The second-order valence-corrected chi connectivity index (χ2v) is 8.66. The van der Waals surface area contributed by atoms with E-state index in [0.717, 1.165) is 23.4 Å². The summed E-state index contributed by atoms with van der Waals surface area (Å²) in [5.41, 5.74) is 4.08. The summed E-state index contributed by atoms with van der Waals surface area (Å²) >= 11 is 0. The van der Waals surface area contributed by atoms with Gasteiger partial charge in [0.2, 0.25) is 11.8 Å². The third-order valence-electron chi connectivity index (χ3n) is 5.22. The van der Waals surface area contributed by atoms with Gasteiger partial charge >= 0.3 is 0 Å². The highest BCUT2D eigenvalue weighted by Gasteiger charge is 2.22. The molecule has 0 heterocycles. The first-order valence-corrected chi connectivity index (χ1v) is 10.6. The summed E-state index contributed by atoms with van der Waals surface area (Å²) in [6.07, 6.45) is 3.29. The van der Waals surface area contributed by atoms with E-state index in [1.54, 1.807) is 0 Å².